The minimum atomic E-state index is -4.79. The molecule has 0 saturated carbocycles. The Bertz CT molecular complexity index is 1090. The van der Waals surface area contributed by atoms with Gasteiger partial charge in [-0.3, -0.25) is 9.10 Å². The monoisotopic (exact) mass is 531 g/mol. The zero-order valence-electron chi connectivity index (χ0n) is 19.2. The highest BCUT2D eigenvalue weighted by atomic mass is 35.5. The summed E-state index contributed by atoms with van der Waals surface area (Å²) in [5.41, 5.74) is -1.48. The van der Waals surface area contributed by atoms with Gasteiger partial charge in [0, 0.05) is 6.54 Å². The summed E-state index contributed by atoms with van der Waals surface area (Å²) in [5, 5.41) is 2.14. The Kier molecular flexibility index (Phi) is 9.43. The second-order valence-corrected chi connectivity index (χ2v) is 10.7. The zero-order valence-corrected chi connectivity index (χ0v) is 20.8. The normalized spacial score (nSPS) is 15.4. The second-order valence-electron chi connectivity index (χ2n) is 8.45. The van der Waals surface area contributed by atoms with Gasteiger partial charge in [-0.1, -0.05) is 42.6 Å². The fraction of sp³-hybridized carbons (Fsp3) is 0.458. The Morgan fingerprint density at radius 2 is 1.69 bits per heavy atom. The van der Waals surface area contributed by atoms with Gasteiger partial charge in [-0.2, -0.15) is 13.2 Å². The lowest BCUT2D eigenvalue weighted by atomic mass is 10.2. The Morgan fingerprint density at radius 3 is 2.31 bits per heavy atom. The minimum Gasteiger partial charge on any atom is -0.354 e. The summed E-state index contributed by atoms with van der Waals surface area (Å²) >= 11 is 5.71. The van der Waals surface area contributed by atoms with Gasteiger partial charge in [0.05, 0.1) is 21.2 Å². The first-order valence-electron chi connectivity index (χ1n) is 11.5. The predicted molar refractivity (Wildman–Crippen MR) is 130 cm³/mol. The van der Waals surface area contributed by atoms with E-state index in [9.17, 15) is 26.4 Å². The maximum atomic E-state index is 13.4. The van der Waals surface area contributed by atoms with Crippen molar-refractivity contribution in [2.45, 2.75) is 43.2 Å². The first kappa shape index (κ1) is 27.3. The van der Waals surface area contributed by atoms with Gasteiger partial charge in [0.2, 0.25) is 5.91 Å². The first-order chi connectivity index (χ1) is 16.6. The number of likely N-dealkylation sites (tertiary alicyclic amines) is 1. The van der Waals surface area contributed by atoms with Crippen LogP contribution in [0, 0.1) is 0 Å². The van der Waals surface area contributed by atoms with Crippen molar-refractivity contribution in [1.82, 2.24) is 10.2 Å². The highest BCUT2D eigenvalue weighted by molar-refractivity contribution is 7.92. The number of sulfonamides is 1. The summed E-state index contributed by atoms with van der Waals surface area (Å²) in [6.07, 6.45) is 0.653. The number of alkyl halides is 3. The number of carbonyl (C=O) groups is 1. The molecule has 0 spiro atoms. The van der Waals surface area contributed by atoms with Crippen LogP contribution in [0.4, 0.5) is 18.9 Å². The molecule has 1 saturated heterocycles. The molecular weight excluding hydrogens is 503 g/mol. The number of amides is 1. The Morgan fingerprint density at radius 1 is 1.03 bits per heavy atom. The molecule has 6 nitrogen and oxygen atoms in total. The Hall–Kier alpha value is -2.30. The molecule has 0 aromatic heterocycles. The highest BCUT2D eigenvalue weighted by Gasteiger charge is 2.35. The largest absolute Gasteiger partial charge is 0.417 e. The number of anilines is 1. The average molecular weight is 532 g/mol. The fourth-order valence-corrected chi connectivity index (χ4v) is 5.66. The maximum Gasteiger partial charge on any atom is 0.417 e. The number of nitrogens with one attached hydrogen (secondary N) is 1. The number of benzene rings is 2. The molecule has 0 unspecified atom stereocenters. The van der Waals surface area contributed by atoms with Crippen molar-refractivity contribution >= 4 is 33.2 Å². The summed E-state index contributed by atoms with van der Waals surface area (Å²) in [6.45, 7) is 2.53. The van der Waals surface area contributed by atoms with Crippen LogP contribution in [0.2, 0.25) is 5.02 Å². The molecule has 2 aromatic carbocycles. The van der Waals surface area contributed by atoms with Crippen LogP contribution in [0.5, 0.6) is 0 Å². The molecule has 2 aromatic rings. The average Bonchev–Trinajstić information content (AvgIpc) is 3.09. The number of carbonyl (C=O) groups excluding carboxylic acids is 1. The molecule has 1 fully saturated rings. The van der Waals surface area contributed by atoms with Gasteiger partial charge >= 0.3 is 6.18 Å². The second kappa shape index (κ2) is 12.1. The first-order valence-corrected chi connectivity index (χ1v) is 13.3. The summed E-state index contributed by atoms with van der Waals surface area (Å²) in [7, 11) is -4.32. The van der Waals surface area contributed by atoms with E-state index in [0.29, 0.717) is 23.3 Å². The minimum absolute atomic E-state index is 0.141. The lowest BCUT2D eigenvalue weighted by Gasteiger charge is -2.25. The molecule has 1 heterocycles. The van der Waals surface area contributed by atoms with Crippen LogP contribution in [-0.2, 0) is 21.0 Å². The lowest BCUT2D eigenvalue weighted by Crippen LogP contribution is -2.41. The van der Waals surface area contributed by atoms with Crippen LogP contribution in [0.1, 0.15) is 37.7 Å². The van der Waals surface area contributed by atoms with E-state index < -0.39 is 39.2 Å². The lowest BCUT2D eigenvalue weighted by molar-refractivity contribution is -0.137. The van der Waals surface area contributed by atoms with Crippen molar-refractivity contribution in [1.29, 1.82) is 0 Å². The van der Waals surface area contributed by atoms with Crippen LogP contribution >= 0.6 is 11.6 Å². The van der Waals surface area contributed by atoms with Crippen molar-refractivity contribution in [3.05, 3.63) is 59.1 Å². The third-order valence-corrected chi connectivity index (χ3v) is 7.95. The van der Waals surface area contributed by atoms with Gasteiger partial charge in [-0.25, -0.2) is 8.42 Å². The van der Waals surface area contributed by atoms with Crippen molar-refractivity contribution in [2.24, 2.45) is 0 Å². The molecule has 1 amide bonds. The van der Waals surface area contributed by atoms with E-state index in [-0.39, 0.29) is 10.6 Å². The SMILES string of the molecule is O=C(CN(c1ccc(Cl)c(C(F)(F)F)c1)S(=O)(=O)c1ccccc1)NCCCN1CCCCCC1. The number of hydrogen-bond donors (Lipinski definition) is 1. The van der Waals surface area contributed by atoms with Crippen molar-refractivity contribution in [2.75, 3.05) is 37.0 Å². The topological polar surface area (TPSA) is 69.7 Å². The molecule has 192 valence electrons. The molecule has 1 aliphatic rings. The summed E-state index contributed by atoms with van der Waals surface area (Å²) in [6, 6.07) is 10.0. The van der Waals surface area contributed by atoms with Gasteiger partial charge in [0.1, 0.15) is 6.54 Å². The smallest absolute Gasteiger partial charge is 0.354 e. The fourth-order valence-electron chi connectivity index (χ4n) is 4.00. The van der Waals surface area contributed by atoms with E-state index >= 15 is 0 Å². The van der Waals surface area contributed by atoms with E-state index in [2.05, 4.69) is 10.2 Å². The third kappa shape index (κ3) is 7.59. The molecule has 0 bridgehead atoms. The molecular formula is C24H29ClF3N3O3S. The third-order valence-electron chi connectivity index (χ3n) is 5.83. The van der Waals surface area contributed by atoms with Crippen molar-refractivity contribution in [3.8, 4) is 0 Å². The van der Waals surface area contributed by atoms with Crippen molar-refractivity contribution < 1.29 is 26.4 Å². The molecule has 1 N–H and O–H groups in total. The maximum absolute atomic E-state index is 13.4. The van der Waals surface area contributed by atoms with Crippen LogP contribution in [-0.4, -0.2) is 51.9 Å². The van der Waals surface area contributed by atoms with Gasteiger partial charge in [-0.05, 0) is 69.2 Å². The molecule has 11 heteroatoms. The Labute approximate surface area is 209 Å². The summed E-state index contributed by atoms with van der Waals surface area (Å²) in [5.74, 6) is -0.608. The quantitative estimate of drug-likeness (QED) is 0.466. The number of halogens is 4. The Balaban J connectivity index is 1.76. The van der Waals surface area contributed by atoms with E-state index in [1.807, 2.05) is 0 Å². The summed E-state index contributed by atoms with van der Waals surface area (Å²) < 4.78 is 67.6. The zero-order chi connectivity index (χ0) is 25.5. The predicted octanol–water partition coefficient (Wildman–Crippen LogP) is 4.94. The van der Waals surface area contributed by atoms with Gasteiger partial charge < -0.3 is 10.2 Å². The standard InChI is InChI=1S/C24H29ClF3N3O3S/c25-22-12-11-19(17-21(22)24(26,27)28)31(35(33,34)20-9-4-3-5-10-20)18-23(32)29-13-8-16-30-14-6-1-2-7-15-30/h3-5,9-12,17H,1-2,6-8,13-16,18H2,(H,29,32). The van der Waals surface area contributed by atoms with E-state index in [1.54, 1.807) is 6.07 Å². The number of nitrogens with zero attached hydrogens (tertiary/aromatic N) is 2. The van der Waals surface area contributed by atoms with Crippen LogP contribution < -0.4 is 9.62 Å². The molecule has 0 radical (unpaired) electrons. The van der Waals surface area contributed by atoms with Gasteiger partial charge in [-0.15, -0.1) is 0 Å². The molecule has 1 aliphatic heterocycles. The molecule has 0 atom stereocenters. The molecule has 35 heavy (non-hydrogen) atoms. The van der Waals surface area contributed by atoms with Crippen molar-refractivity contribution in [3.63, 3.8) is 0 Å². The molecule has 0 aliphatic carbocycles. The van der Waals surface area contributed by atoms with Gasteiger partial charge in [0.25, 0.3) is 10.0 Å². The molecule has 3 rings (SSSR count). The van der Waals surface area contributed by atoms with Crippen LogP contribution in [0.15, 0.2) is 53.4 Å². The number of rotatable bonds is 9. The van der Waals surface area contributed by atoms with E-state index in [0.717, 1.165) is 44.6 Å². The number of hydrogen-bond acceptors (Lipinski definition) is 4. The van der Waals surface area contributed by atoms with E-state index in [4.69, 9.17) is 11.6 Å². The van der Waals surface area contributed by atoms with Crippen LogP contribution in [0.25, 0.3) is 0 Å². The van der Waals surface area contributed by atoms with E-state index in [1.165, 1.54) is 37.1 Å². The summed E-state index contributed by atoms with van der Waals surface area (Å²) in [4.78, 5) is 14.9. The highest BCUT2D eigenvalue weighted by Crippen LogP contribution is 2.38. The van der Waals surface area contributed by atoms with Gasteiger partial charge in [0.15, 0.2) is 0 Å². The van der Waals surface area contributed by atoms with Crippen LogP contribution in [0.3, 0.4) is 0 Å².